The number of benzene rings is 3. The Morgan fingerprint density at radius 1 is 0.974 bits per heavy atom. The minimum atomic E-state index is -3.90. The van der Waals surface area contributed by atoms with E-state index < -0.39 is 10.0 Å². The minimum absolute atomic E-state index is 0.00280. The molecular formula is C28H25Cl2N3O4S. The summed E-state index contributed by atoms with van der Waals surface area (Å²) in [5, 5.41) is 4.78. The lowest BCUT2D eigenvalue weighted by molar-refractivity contribution is 0.0954. The van der Waals surface area contributed by atoms with Crippen LogP contribution in [0.4, 0.5) is 0 Å². The largest absolute Gasteiger partial charge is 0.459 e. The maximum atomic E-state index is 13.6. The molecule has 0 atom stereocenters. The average molecular weight is 570 g/mol. The first kappa shape index (κ1) is 27.6. The van der Waals surface area contributed by atoms with Crippen LogP contribution in [-0.4, -0.2) is 24.8 Å². The molecule has 1 N–H and O–H groups in total. The SMILES string of the molecule is Cc1ccc(S(=O)(=O)N(Cc2ccc(/C=N\NC(=O)c3ccccc3C)o2)Cc2ccc(Cl)cc2Cl)cc1. The van der Waals surface area contributed by atoms with Gasteiger partial charge in [0.25, 0.3) is 5.91 Å². The molecule has 0 unspecified atom stereocenters. The Labute approximate surface area is 231 Å². The predicted molar refractivity (Wildman–Crippen MR) is 149 cm³/mol. The van der Waals surface area contributed by atoms with E-state index in [1.807, 2.05) is 26.0 Å². The Hall–Kier alpha value is -3.43. The van der Waals surface area contributed by atoms with Gasteiger partial charge < -0.3 is 4.42 Å². The Kier molecular flexibility index (Phi) is 8.69. The van der Waals surface area contributed by atoms with Crippen molar-refractivity contribution in [1.82, 2.24) is 9.73 Å². The molecule has 0 fully saturated rings. The van der Waals surface area contributed by atoms with Crippen molar-refractivity contribution in [2.45, 2.75) is 31.8 Å². The molecular weight excluding hydrogens is 545 g/mol. The highest BCUT2D eigenvalue weighted by Gasteiger charge is 2.27. The number of aryl methyl sites for hydroxylation is 2. The highest BCUT2D eigenvalue weighted by atomic mass is 35.5. The maximum Gasteiger partial charge on any atom is 0.271 e. The molecule has 0 radical (unpaired) electrons. The molecule has 1 heterocycles. The first-order chi connectivity index (χ1) is 18.1. The number of rotatable bonds is 9. The number of furan rings is 1. The van der Waals surface area contributed by atoms with Crippen molar-refractivity contribution in [1.29, 1.82) is 0 Å². The van der Waals surface area contributed by atoms with E-state index in [1.165, 1.54) is 10.5 Å². The van der Waals surface area contributed by atoms with E-state index in [4.69, 9.17) is 27.6 Å². The lowest BCUT2D eigenvalue weighted by Crippen LogP contribution is -2.30. The summed E-state index contributed by atoms with van der Waals surface area (Å²) in [4.78, 5) is 12.5. The van der Waals surface area contributed by atoms with E-state index in [1.54, 1.807) is 66.7 Å². The van der Waals surface area contributed by atoms with Crippen molar-refractivity contribution >= 4 is 45.3 Å². The van der Waals surface area contributed by atoms with Gasteiger partial charge in [-0.25, -0.2) is 13.8 Å². The summed E-state index contributed by atoms with van der Waals surface area (Å²) < 4.78 is 34.3. The van der Waals surface area contributed by atoms with Gasteiger partial charge in [-0.3, -0.25) is 4.79 Å². The topological polar surface area (TPSA) is 92.0 Å². The van der Waals surface area contributed by atoms with Crippen LogP contribution < -0.4 is 5.43 Å². The van der Waals surface area contributed by atoms with Gasteiger partial charge in [-0.2, -0.15) is 9.41 Å². The number of carbonyl (C=O) groups excluding carboxylic acids is 1. The van der Waals surface area contributed by atoms with Crippen molar-refractivity contribution in [3.8, 4) is 0 Å². The molecule has 0 spiro atoms. The third-order valence-corrected chi connectivity index (χ3v) is 8.18. The second-order valence-electron chi connectivity index (χ2n) is 8.64. The Balaban J connectivity index is 1.54. The van der Waals surface area contributed by atoms with Gasteiger partial charge in [-0.05, 0) is 67.4 Å². The summed E-state index contributed by atoms with van der Waals surface area (Å²) in [5.74, 6) is 0.390. The van der Waals surface area contributed by atoms with Crippen molar-refractivity contribution in [3.63, 3.8) is 0 Å². The molecule has 4 rings (SSSR count). The van der Waals surface area contributed by atoms with Gasteiger partial charge in [0.15, 0.2) is 0 Å². The number of carbonyl (C=O) groups is 1. The summed E-state index contributed by atoms with van der Waals surface area (Å²) in [7, 11) is -3.90. The van der Waals surface area contributed by atoms with Crippen LogP contribution in [0.5, 0.6) is 0 Å². The summed E-state index contributed by atoms with van der Waals surface area (Å²) in [6, 6.07) is 22.0. The number of halogens is 2. The second-order valence-corrected chi connectivity index (χ2v) is 11.4. The normalized spacial score (nSPS) is 11.8. The minimum Gasteiger partial charge on any atom is -0.459 e. The van der Waals surface area contributed by atoms with E-state index in [0.29, 0.717) is 32.7 Å². The van der Waals surface area contributed by atoms with E-state index >= 15 is 0 Å². The summed E-state index contributed by atoms with van der Waals surface area (Å²) in [5.41, 5.74) is 5.36. The van der Waals surface area contributed by atoms with Crippen molar-refractivity contribution in [2.24, 2.45) is 5.10 Å². The van der Waals surface area contributed by atoms with E-state index in [-0.39, 0.29) is 23.9 Å². The van der Waals surface area contributed by atoms with E-state index in [0.717, 1.165) is 11.1 Å². The Bertz CT molecular complexity index is 1580. The first-order valence-corrected chi connectivity index (χ1v) is 13.8. The summed E-state index contributed by atoms with van der Waals surface area (Å²) >= 11 is 12.4. The lowest BCUT2D eigenvalue weighted by atomic mass is 10.1. The van der Waals surface area contributed by atoms with Crippen molar-refractivity contribution in [2.75, 3.05) is 0 Å². The summed E-state index contributed by atoms with van der Waals surface area (Å²) in [6.07, 6.45) is 1.36. The molecule has 4 aromatic rings. The molecule has 3 aromatic carbocycles. The van der Waals surface area contributed by atoms with Gasteiger partial charge in [-0.15, -0.1) is 0 Å². The molecule has 7 nitrogen and oxygen atoms in total. The fourth-order valence-electron chi connectivity index (χ4n) is 3.69. The molecule has 0 saturated heterocycles. The number of hydrogen-bond acceptors (Lipinski definition) is 5. The number of amides is 1. The molecule has 1 amide bonds. The quantitative estimate of drug-likeness (QED) is 0.187. The number of hydrazone groups is 1. The monoisotopic (exact) mass is 569 g/mol. The Morgan fingerprint density at radius 2 is 1.71 bits per heavy atom. The van der Waals surface area contributed by atoms with Crippen LogP contribution >= 0.6 is 23.2 Å². The second kappa shape index (κ2) is 12.0. The zero-order valence-corrected chi connectivity index (χ0v) is 23.0. The third-order valence-electron chi connectivity index (χ3n) is 5.78. The zero-order chi connectivity index (χ0) is 27.3. The van der Waals surface area contributed by atoms with Crippen LogP contribution in [0.25, 0.3) is 0 Å². The predicted octanol–water partition coefficient (Wildman–Crippen LogP) is 6.36. The first-order valence-electron chi connectivity index (χ1n) is 11.6. The highest BCUT2D eigenvalue weighted by molar-refractivity contribution is 7.89. The smallest absolute Gasteiger partial charge is 0.271 e. The molecule has 10 heteroatoms. The highest BCUT2D eigenvalue weighted by Crippen LogP contribution is 2.27. The molecule has 0 saturated carbocycles. The fraction of sp³-hybridized carbons (Fsp3) is 0.143. The maximum absolute atomic E-state index is 13.6. The van der Waals surface area contributed by atoms with Gasteiger partial charge in [0.1, 0.15) is 11.5 Å². The van der Waals surface area contributed by atoms with Gasteiger partial charge in [0.05, 0.1) is 17.7 Å². The zero-order valence-electron chi connectivity index (χ0n) is 20.7. The number of hydrogen-bond donors (Lipinski definition) is 1. The van der Waals surface area contributed by atoms with Crippen LogP contribution in [0.1, 0.15) is 38.6 Å². The van der Waals surface area contributed by atoms with Crippen LogP contribution in [0.15, 0.2) is 93.3 Å². The molecule has 196 valence electrons. The van der Waals surface area contributed by atoms with Crippen LogP contribution in [0.2, 0.25) is 10.0 Å². The third kappa shape index (κ3) is 6.71. The molecule has 0 bridgehead atoms. The molecule has 0 aliphatic rings. The van der Waals surface area contributed by atoms with Gasteiger partial charge in [-0.1, -0.05) is 65.2 Å². The van der Waals surface area contributed by atoms with Gasteiger partial charge >= 0.3 is 0 Å². The van der Waals surface area contributed by atoms with Crippen molar-refractivity contribution < 1.29 is 17.6 Å². The standard InChI is InChI=1S/C28H25Cl2N3O4S/c1-19-7-13-25(14-8-19)38(35,36)33(17-21-9-10-22(29)15-27(21)30)18-24-12-11-23(37-24)16-31-32-28(34)26-6-4-3-5-20(26)2/h3-16H,17-18H2,1-2H3,(H,32,34)/b31-16-. The van der Waals surface area contributed by atoms with Crippen LogP contribution in [0, 0.1) is 13.8 Å². The molecule has 0 aliphatic carbocycles. The van der Waals surface area contributed by atoms with E-state index in [9.17, 15) is 13.2 Å². The summed E-state index contributed by atoms with van der Waals surface area (Å²) in [6.45, 7) is 3.67. The fourth-order valence-corrected chi connectivity index (χ4v) is 5.54. The lowest BCUT2D eigenvalue weighted by Gasteiger charge is -2.22. The van der Waals surface area contributed by atoms with Crippen LogP contribution in [0.3, 0.4) is 0 Å². The average Bonchev–Trinajstić information content (AvgIpc) is 3.32. The molecule has 38 heavy (non-hydrogen) atoms. The molecule has 1 aromatic heterocycles. The number of sulfonamides is 1. The van der Waals surface area contributed by atoms with E-state index in [2.05, 4.69) is 10.5 Å². The van der Waals surface area contributed by atoms with Crippen molar-refractivity contribution in [3.05, 3.63) is 123 Å². The molecule has 0 aliphatic heterocycles. The Morgan fingerprint density at radius 3 is 2.42 bits per heavy atom. The number of nitrogens with zero attached hydrogens (tertiary/aromatic N) is 2. The van der Waals surface area contributed by atoms with Gasteiger partial charge in [0, 0.05) is 22.2 Å². The van der Waals surface area contributed by atoms with Crippen LogP contribution in [-0.2, 0) is 23.1 Å². The van der Waals surface area contributed by atoms with Gasteiger partial charge in [0.2, 0.25) is 10.0 Å². The number of nitrogens with one attached hydrogen (secondary N) is 1.